The van der Waals surface area contributed by atoms with Crippen LogP contribution in [-0.4, -0.2) is 45.6 Å². The second-order valence-electron chi connectivity index (χ2n) is 6.04. The van der Waals surface area contributed by atoms with Crippen molar-refractivity contribution in [3.05, 3.63) is 47.0 Å². The Labute approximate surface area is 142 Å². The quantitative estimate of drug-likeness (QED) is 0.730. The van der Waals surface area contributed by atoms with Gasteiger partial charge in [-0.1, -0.05) is 30.3 Å². The van der Waals surface area contributed by atoms with Gasteiger partial charge in [-0.3, -0.25) is 4.90 Å². The Bertz CT molecular complexity index is 667. The van der Waals surface area contributed by atoms with Gasteiger partial charge in [0.25, 0.3) is 0 Å². The van der Waals surface area contributed by atoms with E-state index in [-0.39, 0.29) is 0 Å². The van der Waals surface area contributed by atoms with Crippen LogP contribution in [0, 0.1) is 4.77 Å². The van der Waals surface area contributed by atoms with Crippen molar-refractivity contribution in [2.75, 3.05) is 20.3 Å². The van der Waals surface area contributed by atoms with Crippen LogP contribution >= 0.6 is 12.2 Å². The third-order valence-electron chi connectivity index (χ3n) is 4.46. The number of ether oxygens (including phenoxy) is 1. The molecule has 1 fully saturated rings. The smallest absolute Gasteiger partial charge is 0.198 e. The van der Waals surface area contributed by atoms with Crippen molar-refractivity contribution in [2.45, 2.75) is 38.5 Å². The molecular weight excluding hydrogens is 308 g/mol. The number of methoxy groups -OCH3 is 1. The van der Waals surface area contributed by atoms with Crippen LogP contribution in [0.5, 0.6) is 0 Å². The first kappa shape index (κ1) is 16.4. The molecule has 124 valence electrons. The summed E-state index contributed by atoms with van der Waals surface area (Å²) in [7, 11) is 1.70. The molecule has 1 aromatic heterocycles. The zero-order chi connectivity index (χ0) is 16.1. The predicted molar refractivity (Wildman–Crippen MR) is 92.8 cm³/mol. The Kier molecular flexibility index (Phi) is 5.59. The molecule has 2 heterocycles. The zero-order valence-corrected chi connectivity index (χ0v) is 14.4. The molecule has 1 saturated heterocycles. The highest BCUT2D eigenvalue weighted by atomic mass is 32.1. The lowest BCUT2D eigenvalue weighted by Gasteiger charge is -2.24. The first-order valence-electron chi connectivity index (χ1n) is 8.17. The standard InChI is InChI=1S/C17H24N4OS/c1-22-11-10-19-13-18-21(17(19)23)14-20-9-5-8-16(20)12-15-6-3-2-4-7-15/h2-4,6-7,13,16H,5,8-12,14H2,1H3. The fourth-order valence-corrected chi connectivity index (χ4v) is 3.43. The van der Waals surface area contributed by atoms with Crippen LogP contribution in [0.1, 0.15) is 18.4 Å². The second-order valence-corrected chi connectivity index (χ2v) is 6.40. The second kappa shape index (κ2) is 7.86. The minimum atomic E-state index is 0.573. The van der Waals surface area contributed by atoms with Gasteiger partial charge in [0.2, 0.25) is 0 Å². The minimum absolute atomic E-state index is 0.573. The Morgan fingerprint density at radius 3 is 2.91 bits per heavy atom. The number of rotatable bonds is 7. The minimum Gasteiger partial charge on any atom is -0.383 e. The summed E-state index contributed by atoms with van der Waals surface area (Å²) >= 11 is 5.52. The van der Waals surface area contributed by atoms with Gasteiger partial charge in [0.05, 0.1) is 13.3 Å². The topological polar surface area (TPSA) is 35.2 Å². The molecule has 1 aliphatic rings. The summed E-state index contributed by atoms with van der Waals surface area (Å²) in [5.74, 6) is 0. The van der Waals surface area contributed by atoms with Crippen LogP contribution < -0.4 is 0 Å². The molecule has 0 bridgehead atoms. The first-order valence-corrected chi connectivity index (χ1v) is 8.58. The van der Waals surface area contributed by atoms with Crippen molar-refractivity contribution in [1.29, 1.82) is 0 Å². The van der Waals surface area contributed by atoms with E-state index in [4.69, 9.17) is 17.0 Å². The fraction of sp³-hybridized carbons (Fsp3) is 0.529. The molecule has 1 aliphatic heterocycles. The summed E-state index contributed by atoms with van der Waals surface area (Å²) in [6.45, 7) is 3.30. The number of nitrogens with zero attached hydrogens (tertiary/aromatic N) is 4. The molecule has 3 rings (SSSR count). The Morgan fingerprint density at radius 2 is 2.13 bits per heavy atom. The Balaban J connectivity index is 1.65. The highest BCUT2D eigenvalue weighted by Gasteiger charge is 2.25. The number of benzene rings is 1. The van der Waals surface area contributed by atoms with Gasteiger partial charge in [-0.25, -0.2) is 4.68 Å². The highest BCUT2D eigenvalue weighted by molar-refractivity contribution is 7.71. The lowest BCUT2D eigenvalue weighted by Crippen LogP contribution is -2.33. The molecule has 2 aromatic rings. The molecule has 1 aromatic carbocycles. The molecule has 0 saturated carbocycles. The van der Waals surface area contributed by atoms with Gasteiger partial charge in [-0.15, -0.1) is 0 Å². The zero-order valence-electron chi connectivity index (χ0n) is 13.6. The predicted octanol–water partition coefficient (Wildman–Crippen LogP) is 2.73. The van der Waals surface area contributed by atoms with E-state index in [0.717, 1.165) is 31.0 Å². The molecular formula is C17H24N4OS. The normalized spacial score (nSPS) is 18.6. The van der Waals surface area contributed by atoms with E-state index in [1.807, 2.05) is 15.6 Å². The van der Waals surface area contributed by atoms with Crippen molar-refractivity contribution in [1.82, 2.24) is 19.2 Å². The van der Waals surface area contributed by atoms with Gasteiger partial charge in [-0.05, 0) is 37.0 Å². The van der Waals surface area contributed by atoms with Gasteiger partial charge >= 0.3 is 0 Å². The van der Waals surface area contributed by atoms with Crippen molar-refractivity contribution >= 4 is 12.2 Å². The van der Waals surface area contributed by atoms with Crippen LogP contribution in [0.15, 0.2) is 36.7 Å². The maximum absolute atomic E-state index is 5.52. The molecule has 0 amide bonds. The SMILES string of the molecule is COCCn1cnn(CN2CCCC2Cc2ccccc2)c1=S. The van der Waals surface area contributed by atoms with Gasteiger partial charge in [0, 0.05) is 26.2 Å². The van der Waals surface area contributed by atoms with Gasteiger partial charge in [0.1, 0.15) is 6.33 Å². The summed E-state index contributed by atoms with van der Waals surface area (Å²) in [4.78, 5) is 2.50. The van der Waals surface area contributed by atoms with E-state index < -0.39 is 0 Å². The average molecular weight is 332 g/mol. The highest BCUT2D eigenvalue weighted by Crippen LogP contribution is 2.21. The summed E-state index contributed by atoms with van der Waals surface area (Å²) in [5.41, 5.74) is 1.40. The number of hydrogen-bond donors (Lipinski definition) is 0. The van der Waals surface area contributed by atoms with E-state index in [1.54, 1.807) is 7.11 Å². The molecule has 0 spiro atoms. The van der Waals surface area contributed by atoms with E-state index in [0.29, 0.717) is 12.6 Å². The molecule has 23 heavy (non-hydrogen) atoms. The van der Waals surface area contributed by atoms with Crippen LogP contribution in [0.25, 0.3) is 0 Å². The van der Waals surface area contributed by atoms with Crippen molar-refractivity contribution in [2.24, 2.45) is 0 Å². The van der Waals surface area contributed by atoms with E-state index in [1.165, 1.54) is 18.4 Å². The number of aromatic nitrogens is 3. The van der Waals surface area contributed by atoms with E-state index in [2.05, 4.69) is 40.3 Å². The third kappa shape index (κ3) is 4.07. The fourth-order valence-electron chi connectivity index (χ4n) is 3.18. The van der Waals surface area contributed by atoms with Crippen LogP contribution in [0.3, 0.4) is 0 Å². The summed E-state index contributed by atoms with van der Waals surface area (Å²) in [6.07, 6.45) is 5.39. The third-order valence-corrected chi connectivity index (χ3v) is 4.91. The van der Waals surface area contributed by atoms with Crippen molar-refractivity contribution in [3.8, 4) is 0 Å². The molecule has 1 unspecified atom stereocenters. The van der Waals surface area contributed by atoms with E-state index >= 15 is 0 Å². The number of hydrogen-bond acceptors (Lipinski definition) is 4. The molecule has 5 nitrogen and oxygen atoms in total. The maximum atomic E-state index is 5.52. The first-order chi connectivity index (χ1) is 11.3. The Hall–Kier alpha value is -1.50. The number of likely N-dealkylation sites (tertiary alicyclic amines) is 1. The molecule has 1 atom stereocenters. The summed E-state index contributed by atoms with van der Waals surface area (Å²) in [6, 6.07) is 11.3. The maximum Gasteiger partial charge on any atom is 0.198 e. The van der Waals surface area contributed by atoms with Crippen LogP contribution in [-0.2, 0) is 24.4 Å². The van der Waals surface area contributed by atoms with Crippen LogP contribution in [0.2, 0.25) is 0 Å². The van der Waals surface area contributed by atoms with Crippen molar-refractivity contribution < 1.29 is 4.74 Å². The van der Waals surface area contributed by atoms with Gasteiger partial charge in [-0.2, -0.15) is 5.10 Å². The lowest BCUT2D eigenvalue weighted by atomic mass is 10.0. The lowest BCUT2D eigenvalue weighted by molar-refractivity contribution is 0.181. The molecule has 6 heteroatoms. The monoisotopic (exact) mass is 332 g/mol. The van der Waals surface area contributed by atoms with E-state index in [9.17, 15) is 0 Å². The van der Waals surface area contributed by atoms with Gasteiger partial charge in [0.15, 0.2) is 4.77 Å². The van der Waals surface area contributed by atoms with Crippen molar-refractivity contribution in [3.63, 3.8) is 0 Å². The summed E-state index contributed by atoms with van der Waals surface area (Å²) in [5, 5.41) is 4.45. The average Bonchev–Trinajstić information content (AvgIpc) is 3.15. The van der Waals surface area contributed by atoms with Crippen LogP contribution in [0.4, 0.5) is 0 Å². The largest absolute Gasteiger partial charge is 0.383 e. The summed E-state index contributed by atoms with van der Waals surface area (Å²) < 4.78 is 9.78. The molecule has 0 radical (unpaired) electrons. The Morgan fingerprint density at radius 1 is 1.30 bits per heavy atom. The van der Waals surface area contributed by atoms with Gasteiger partial charge < -0.3 is 9.30 Å². The molecule has 0 N–H and O–H groups in total. The molecule has 0 aliphatic carbocycles.